The zero-order chi connectivity index (χ0) is 21.9. The van der Waals surface area contributed by atoms with Gasteiger partial charge in [-0.15, -0.1) is 11.3 Å². The fourth-order valence-corrected chi connectivity index (χ4v) is 5.36. The van der Waals surface area contributed by atoms with Gasteiger partial charge in [0, 0.05) is 34.6 Å². The topological polar surface area (TPSA) is 79.4 Å². The average molecular weight is 484 g/mol. The van der Waals surface area contributed by atoms with Crippen molar-refractivity contribution in [3.05, 3.63) is 63.5 Å². The number of carbonyl (C=O) groups excluding carboxylic acids is 1. The molecule has 0 aliphatic rings. The van der Waals surface area contributed by atoms with Gasteiger partial charge in [0.15, 0.2) is 5.13 Å². The minimum Gasteiger partial charge on any atom is -0.298 e. The summed E-state index contributed by atoms with van der Waals surface area (Å²) in [5, 5.41) is 5.93. The summed E-state index contributed by atoms with van der Waals surface area (Å²) in [7, 11) is -3.57. The van der Waals surface area contributed by atoms with E-state index in [1.807, 2.05) is 0 Å². The van der Waals surface area contributed by atoms with Crippen LogP contribution >= 0.6 is 34.5 Å². The number of sulfonamides is 1. The summed E-state index contributed by atoms with van der Waals surface area (Å²) in [6.07, 6.45) is 0. The first-order chi connectivity index (χ1) is 14.3. The molecule has 0 spiro atoms. The number of nitrogens with one attached hydrogen (secondary N) is 1. The summed E-state index contributed by atoms with van der Waals surface area (Å²) in [4.78, 5) is 17.1. The predicted molar refractivity (Wildman–Crippen MR) is 122 cm³/mol. The first-order valence-corrected chi connectivity index (χ1v) is 12.2. The summed E-state index contributed by atoms with van der Waals surface area (Å²) in [6, 6.07) is 10.9. The van der Waals surface area contributed by atoms with E-state index in [1.54, 1.807) is 37.4 Å². The summed E-state index contributed by atoms with van der Waals surface area (Å²) < 4.78 is 26.5. The van der Waals surface area contributed by atoms with Crippen molar-refractivity contribution < 1.29 is 13.2 Å². The summed E-state index contributed by atoms with van der Waals surface area (Å²) in [5.74, 6) is -0.389. The second-order valence-corrected chi connectivity index (χ2v) is 9.87. The monoisotopic (exact) mass is 483 g/mol. The molecule has 0 unspecified atom stereocenters. The highest BCUT2D eigenvalue weighted by atomic mass is 35.5. The third kappa shape index (κ3) is 4.84. The van der Waals surface area contributed by atoms with Crippen LogP contribution in [0.25, 0.3) is 11.3 Å². The van der Waals surface area contributed by atoms with Crippen molar-refractivity contribution in [3.63, 3.8) is 0 Å². The average Bonchev–Trinajstić information content (AvgIpc) is 3.18. The lowest BCUT2D eigenvalue weighted by Gasteiger charge is -2.18. The lowest BCUT2D eigenvalue weighted by atomic mass is 10.2. The molecule has 6 nitrogen and oxygen atoms in total. The van der Waals surface area contributed by atoms with Gasteiger partial charge in [0.25, 0.3) is 5.91 Å². The molecular weight excluding hydrogens is 465 g/mol. The highest BCUT2D eigenvalue weighted by Crippen LogP contribution is 2.32. The van der Waals surface area contributed by atoms with Crippen LogP contribution in [0, 0.1) is 0 Å². The Bertz CT molecular complexity index is 1160. The number of carbonyl (C=O) groups is 1. The molecule has 0 fully saturated rings. The van der Waals surface area contributed by atoms with Crippen molar-refractivity contribution in [3.8, 4) is 11.3 Å². The first-order valence-electron chi connectivity index (χ1n) is 9.08. The zero-order valence-corrected chi connectivity index (χ0v) is 19.4. The minimum atomic E-state index is -3.57. The molecule has 10 heteroatoms. The van der Waals surface area contributed by atoms with E-state index in [0.717, 1.165) is 0 Å². The Labute approximate surface area is 189 Å². The standard InChI is InChI=1S/C20H19Cl2N3O3S2/c1-3-25(4-2)30(27,28)15-8-5-13(6-9-15)19(26)24-20-23-18(12-29-20)16-11-14(21)7-10-17(16)22/h5-12H,3-4H2,1-2H3,(H,23,24,26). The van der Waals surface area contributed by atoms with Crippen LogP contribution in [-0.4, -0.2) is 36.7 Å². The second kappa shape index (κ2) is 9.45. The van der Waals surface area contributed by atoms with Crippen LogP contribution < -0.4 is 5.32 Å². The van der Waals surface area contributed by atoms with E-state index < -0.39 is 10.0 Å². The van der Waals surface area contributed by atoms with E-state index in [-0.39, 0.29) is 10.8 Å². The Morgan fingerprint density at radius 1 is 1.10 bits per heavy atom. The molecular formula is C20H19Cl2N3O3S2. The largest absolute Gasteiger partial charge is 0.298 e. The van der Waals surface area contributed by atoms with Gasteiger partial charge in [0.05, 0.1) is 15.6 Å². The zero-order valence-electron chi connectivity index (χ0n) is 16.2. The van der Waals surface area contributed by atoms with Crippen molar-refractivity contribution in [2.75, 3.05) is 18.4 Å². The molecule has 1 aromatic heterocycles. The SMILES string of the molecule is CCN(CC)S(=O)(=O)c1ccc(C(=O)Nc2nc(-c3cc(Cl)ccc3Cl)cs2)cc1. The molecule has 0 saturated carbocycles. The maximum atomic E-state index is 12.6. The van der Waals surface area contributed by atoms with Crippen molar-refractivity contribution in [1.82, 2.24) is 9.29 Å². The number of rotatable bonds is 7. The number of nitrogens with zero attached hydrogens (tertiary/aromatic N) is 2. The van der Waals surface area contributed by atoms with Crippen LogP contribution in [0.5, 0.6) is 0 Å². The van der Waals surface area contributed by atoms with Crippen LogP contribution in [0.4, 0.5) is 5.13 Å². The van der Waals surface area contributed by atoms with Gasteiger partial charge in [-0.25, -0.2) is 13.4 Å². The molecule has 0 atom stereocenters. The molecule has 1 heterocycles. The number of thiazole rings is 1. The van der Waals surface area contributed by atoms with Crippen LogP contribution in [-0.2, 0) is 10.0 Å². The first kappa shape index (κ1) is 22.7. The predicted octanol–water partition coefficient (Wildman–Crippen LogP) is 5.40. The molecule has 0 bridgehead atoms. The Hall–Kier alpha value is -1.97. The molecule has 0 saturated heterocycles. The van der Waals surface area contributed by atoms with Gasteiger partial charge < -0.3 is 0 Å². The molecule has 3 rings (SSSR count). The number of hydrogen-bond acceptors (Lipinski definition) is 5. The third-order valence-electron chi connectivity index (χ3n) is 4.39. The fourth-order valence-electron chi connectivity index (χ4n) is 2.81. The summed E-state index contributed by atoms with van der Waals surface area (Å²) in [5.41, 5.74) is 1.60. The van der Waals surface area contributed by atoms with Gasteiger partial charge in [-0.1, -0.05) is 37.0 Å². The number of halogens is 2. The van der Waals surface area contributed by atoms with Crippen molar-refractivity contribution in [1.29, 1.82) is 0 Å². The molecule has 0 aliphatic heterocycles. The summed E-state index contributed by atoms with van der Waals surface area (Å²) >= 11 is 13.5. The molecule has 30 heavy (non-hydrogen) atoms. The van der Waals surface area contributed by atoms with Crippen LogP contribution in [0.3, 0.4) is 0 Å². The minimum absolute atomic E-state index is 0.148. The van der Waals surface area contributed by atoms with Crippen LogP contribution in [0.1, 0.15) is 24.2 Å². The van der Waals surface area contributed by atoms with Crippen LogP contribution in [0.15, 0.2) is 52.7 Å². The van der Waals surface area contributed by atoms with E-state index in [0.29, 0.717) is 45.1 Å². The molecule has 0 aliphatic carbocycles. The Kier molecular flexibility index (Phi) is 7.15. The van der Waals surface area contributed by atoms with Crippen LogP contribution in [0.2, 0.25) is 10.0 Å². The van der Waals surface area contributed by atoms with Gasteiger partial charge in [-0.2, -0.15) is 4.31 Å². The maximum Gasteiger partial charge on any atom is 0.257 e. The van der Waals surface area contributed by atoms with Crippen molar-refractivity contribution >= 4 is 55.6 Å². The third-order valence-corrected chi connectivity index (χ3v) is 7.78. The molecule has 3 aromatic rings. The molecule has 1 N–H and O–H groups in total. The molecule has 1 amide bonds. The van der Waals surface area contributed by atoms with Crippen molar-refractivity contribution in [2.24, 2.45) is 0 Å². The lowest BCUT2D eigenvalue weighted by Crippen LogP contribution is -2.30. The number of amides is 1. The highest BCUT2D eigenvalue weighted by Gasteiger charge is 2.22. The van der Waals surface area contributed by atoms with E-state index in [9.17, 15) is 13.2 Å². The van der Waals surface area contributed by atoms with Gasteiger partial charge in [-0.05, 0) is 42.5 Å². The van der Waals surface area contributed by atoms with E-state index in [4.69, 9.17) is 23.2 Å². The van der Waals surface area contributed by atoms with Crippen molar-refractivity contribution in [2.45, 2.75) is 18.7 Å². The Balaban J connectivity index is 1.76. The summed E-state index contributed by atoms with van der Waals surface area (Å²) in [6.45, 7) is 4.32. The van der Waals surface area contributed by atoms with Gasteiger partial charge in [0.1, 0.15) is 0 Å². The Morgan fingerprint density at radius 3 is 2.40 bits per heavy atom. The van der Waals surface area contributed by atoms with Gasteiger partial charge in [0.2, 0.25) is 10.0 Å². The smallest absolute Gasteiger partial charge is 0.257 e. The number of benzene rings is 2. The normalized spacial score (nSPS) is 11.6. The fraction of sp³-hybridized carbons (Fsp3) is 0.200. The highest BCUT2D eigenvalue weighted by molar-refractivity contribution is 7.89. The maximum absolute atomic E-state index is 12.6. The van der Waals surface area contributed by atoms with Gasteiger partial charge >= 0.3 is 0 Å². The van der Waals surface area contributed by atoms with E-state index in [1.165, 1.54) is 39.9 Å². The Morgan fingerprint density at radius 2 is 1.77 bits per heavy atom. The number of hydrogen-bond donors (Lipinski definition) is 1. The molecule has 158 valence electrons. The molecule has 0 radical (unpaired) electrons. The van der Waals surface area contributed by atoms with Gasteiger partial charge in [-0.3, -0.25) is 10.1 Å². The second-order valence-electron chi connectivity index (χ2n) is 6.23. The van der Waals surface area contributed by atoms with E-state index in [2.05, 4.69) is 10.3 Å². The quantitative estimate of drug-likeness (QED) is 0.487. The number of aromatic nitrogens is 1. The number of anilines is 1. The van der Waals surface area contributed by atoms with E-state index >= 15 is 0 Å². The lowest BCUT2D eigenvalue weighted by molar-refractivity contribution is 0.102. The molecule has 2 aromatic carbocycles.